The maximum absolute atomic E-state index is 13.1. The standard InChI is InChI=1S/C20H20F3N7O3/c1-10-13(9-24-30(10)19-25-14-4-2-3-12(14)16(31)27-19)17(32)29-7-5-11(6-8-29)15-26-18(33-28-15)20(21,22)23/h9,11H,2-8H2,1H3,(H,25,27,31). The number of aryl methyl sites for hydroxylation is 1. The predicted octanol–water partition coefficient (Wildman–Crippen LogP) is 2.17. The number of nitrogens with one attached hydrogen (secondary N) is 1. The minimum Gasteiger partial charge on any atom is -0.338 e. The molecule has 0 bridgehead atoms. The molecule has 33 heavy (non-hydrogen) atoms. The number of piperidine rings is 1. The molecule has 1 amide bonds. The number of H-pyrrole nitrogens is 1. The quantitative estimate of drug-likeness (QED) is 0.632. The van der Waals surface area contributed by atoms with Crippen LogP contribution in [-0.4, -0.2) is 53.8 Å². The first-order chi connectivity index (χ1) is 15.7. The molecule has 1 N–H and O–H groups in total. The Balaban J connectivity index is 1.30. The van der Waals surface area contributed by atoms with Crippen LogP contribution in [0.2, 0.25) is 0 Å². The normalized spacial score (nSPS) is 16.9. The second-order valence-electron chi connectivity index (χ2n) is 8.25. The molecule has 5 rings (SSSR count). The van der Waals surface area contributed by atoms with Crippen LogP contribution in [-0.2, 0) is 19.0 Å². The van der Waals surface area contributed by atoms with Gasteiger partial charge in [-0.3, -0.25) is 14.6 Å². The van der Waals surface area contributed by atoms with E-state index in [2.05, 4.69) is 29.7 Å². The number of hydrogen-bond donors (Lipinski definition) is 1. The summed E-state index contributed by atoms with van der Waals surface area (Å²) >= 11 is 0. The number of likely N-dealkylation sites (tertiary alicyclic amines) is 1. The van der Waals surface area contributed by atoms with Crippen LogP contribution in [0.1, 0.15) is 64.2 Å². The van der Waals surface area contributed by atoms with E-state index in [9.17, 15) is 22.8 Å². The number of hydrogen-bond acceptors (Lipinski definition) is 7. The number of alkyl halides is 3. The van der Waals surface area contributed by atoms with Crippen molar-refractivity contribution in [3.8, 4) is 5.95 Å². The molecule has 0 saturated carbocycles. The Morgan fingerprint density at radius 1 is 1.21 bits per heavy atom. The van der Waals surface area contributed by atoms with Gasteiger partial charge in [-0.15, -0.1) is 0 Å². The summed E-state index contributed by atoms with van der Waals surface area (Å²) < 4.78 is 43.8. The lowest BCUT2D eigenvalue weighted by Crippen LogP contribution is -2.38. The zero-order valence-electron chi connectivity index (χ0n) is 17.6. The van der Waals surface area contributed by atoms with Crippen molar-refractivity contribution in [2.45, 2.75) is 51.1 Å². The largest absolute Gasteiger partial charge is 0.471 e. The zero-order valence-corrected chi connectivity index (χ0v) is 17.6. The average Bonchev–Trinajstić information content (AvgIpc) is 3.52. The molecule has 0 atom stereocenters. The van der Waals surface area contributed by atoms with Crippen LogP contribution in [0.15, 0.2) is 15.5 Å². The minimum atomic E-state index is -4.68. The third kappa shape index (κ3) is 3.80. The summed E-state index contributed by atoms with van der Waals surface area (Å²) in [6.07, 6.45) is -0.0997. The minimum absolute atomic E-state index is 0.00469. The Bertz CT molecular complexity index is 1270. The van der Waals surface area contributed by atoms with Crippen molar-refractivity contribution >= 4 is 5.91 Å². The molecule has 0 aromatic carbocycles. The van der Waals surface area contributed by atoms with Gasteiger partial charge in [0.05, 0.1) is 23.1 Å². The maximum atomic E-state index is 13.1. The van der Waals surface area contributed by atoms with Crippen molar-refractivity contribution in [3.63, 3.8) is 0 Å². The van der Waals surface area contributed by atoms with E-state index in [0.717, 1.165) is 18.5 Å². The topological polar surface area (TPSA) is 123 Å². The Hall–Kier alpha value is -3.51. The number of halogens is 3. The molecule has 1 fully saturated rings. The first-order valence-corrected chi connectivity index (χ1v) is 10.6. The van der Waals surface area contributed by atoms with Crippen LogP contribution in [0.3, 0.4) is 0 Å². The summed E-state index contributed by atoms with van der Waals surface area (Å²) in [5.74, 6) is -1.65. The SMILES string of the molecule is Cc1c(C(=O)N2CCC(c3noc(C(F)(F)F)n3)CC2)cnn1-c1nc2c(c(=O)[nH]1)CCC2. The van der Waals surface area contributed by atoms with Gasteiger partial charge in [0, 0.05) is 24.6 Å². The molecule has 0 unspecified atom stereocenters. The second-order valence-corrected chi connectivity index (χ2v) is 8.25. The Morgan fingerprint density at radius 2 is 1.97 bits per heavy atom. The van der Waals surface area contributed by atoms with Gasteiger partial charge in [0.15, 0.2) is 5.82 Å². The van der Waals surface area contributed by atoms with Crippen LogP contribution in [0, 0.1) is 6.92 Å². The van der Waals surface area contributed by atoms with Crippen molar-refractivity contribution in [2.24, 2.45) is 0 Å². The van der Waals surface area contributed by atoms with E-state index in [1.165, 1.54) is 10.9 Å². The highest BCUT2D eigenvalue weighted by Gasteiger charge is 2.39. The molecular weight excluding hydrogens is 443 g/mol. The molecule has 1 aliphatic heterocycles. The zero-order chi connectivity index (χ0) is 23.3. The fraction of sp³-hybridized carbons (Fsp3) is 0.500. The molecular formula is C20H20F3N7O3. The maximum Gasteiger partial charge on any atom is 0.471 e. The number of carbonyl (C=O) groups is 1. The summed E-state index contributed by atoms with van der Waals surface area (Å²) in [4.78, 5) is 37.7. The van der Waals surface area contributed by atoms with Crippen molar-refractivity contribution in [2.75, 3.05) is 13.1 Å². The average molecular weight is 463 g/mol. The highest BCUT2D eigenvalue weighted by Crippen LogP contribution is 2.32. The predicted molar refractivity (Wildman–Crippen MR) is 106 cm³/mol. The monoisotopic (exact) mass is 463 g/mol. The van der Waals surface area contributed by atoms with Gasteiger partial charge in [0.2, 0.25) is 5.95 Å². The fourth-order valence-corrected chi connectivity index (χ4v) is 4.39. The Morgan fingerprint density at radius 3 is 2.67 bits per heavy atom. The van der Waals surface area contributed by atoms with E-state index >= 15 is 0 Å². The molecule has 3 aromatic rings. The van der Waals surface area contributed by atoms with Crippen LogP contribution in [0.5, 0.6) is 0 Å². The second kappa shape index (κ2) is 7.81. The Labute approximate surface area is 184 Å². The van der Waals surface area contributed by atoms with E-state index in [4.69, 9.17) is 0 Å². The molecule has 4 heterocycles. The number of carbonyl (C=O) groups excluding carboxylic acids is 1. The number of nitrogens with zero attached hydrogens (tertiary/aromatic N) is 6. The molecule has 0 spiro atoms. The van der Waals surface area contributed by atoms with E-state index in [1.54, 1.807) is 11.8 Å². The lowest BCUT2D eigenvalue weighted by molar-refractivity contribution is -0.159. The Kier molecular flexibility index (Phi) is 5.05. The van der Waals surface area contributed by atoms with Crippen LogP contribution in [0.25, 0.3) is 5.95 Å². The molecule has 3 aromatic heterocycles. The molecule has 13 heteroatoms. The van der Waals surface area contributed by atoms with E-state index in [-0.39, 0.29) is 29.2 Å². The van der Waals surface area contributed by atoms with Gasteiger partial charge < -0.3 is 9.42 Å². The van der Waals surface area contributed by atoms with Gasteiger partial charge in [-0.2, -0.15) is 23.3 Å². The van der Waals surface area contributed by atoms with Crippen molar-refractivity contribution < 1.29 is 22.5 Å². The van der Waals surface area contributed by atoms with Gasteiger partial charge in [0.1, 0.15) is 0 Å². The summed E-state index contributed by atoms with van der Waals surface area (Å²) in [6, 6.07) is 0. The summed E-state index contributed by atoms with van der Waals surface area (Å²) in [5, 5.41) is 7.71. The van der Waals surface area contributed by atoms with Crippen molar-refractivity contribution in [1.29, 1.82) is 0 Å². The molecule has 1 saturated heterocycles. The van der Waals surface area contributed by atoms with Crippen molar-refractivity contribution in [3.05, 3.63) is 50.8 Å². The highest BCUT2D eigenvalue weighted by atomic mass is 19.4. The molecule has 0 radical (unpaired) electrons. The van der Waals surface area contributed by atoms with Crippen LogP contribution >= 0.6 is 0 Å². The first-order valence-electron chi connectivity index (χ1n) is 10.6. The van der Waals surface area contributed by atoms with Gasteiger partial charge in [-0.1, -0.05) is 5.16 Å². The molecule has 174 valence electrons. The lowest BCUT2D eigenvalue weighted by Gasteiger charge is -2.30. The lowest BCUT2D eigenvalue weighted by atomic mass is 9.95. The number of amides is 1. The first kappa shape index (κ1) is 21.3. The summed E-state index contributed by atoms with van der Waals surface area (Å²) in [5.41, 5.74) is 2.18. The third-order valence-electron chi connectivity index (χ3n) is 6.20. The number of aromatic nitrogens is 6. The molecule has 2 aliphatic rings. The van der Waals surface area contributed by atoms with Crippen LogP contribution < -0.4 is 5.56 Å². The smallest absolute Gasteiger partial charge is 0.338 e. The molecule has 10 nitrogen and oxygen atoms in total. The van der Waals surface area contributed by atoms with Gasteiger partial charge in [-0.25, -0.2) is 9.67 Å². The van der Waals surface area contributed by atoms with Gasteiger partial charge in [-0.05, 0) is 39.0 Å². The van der Waals surface area contributed by atoms with E-state index in [1.807, 2.05) is 0 Å². The van der Waals surface area contributed by atoms with Gasteiger partial charge >= 0.3 is 12.1 Å². The fourth-order valence-electron chi connectivity index (χ4n) is 4.39. The van der Waals surface area contributed by atoms with Crippen molar-refractivity contribution in [1.82, 2.24) is 34.8 Å². The van der Waals surface area contributed by atoms with E-state index in [0.29, 0.717) is 49.2 Å². The van der Waals surface area contributed by atoms with Gasteiger partial charge in [0.25, 0.3) is 11.5 Å². The highest BCUT2D eigenvalue weighted by molar-refractivity contribution is 5.95. The summed E-state index contributed by atoms with van der Waals surface area (Å²) in [6.45, 7) is 2.38. The number of rotatable bonds is 3. The third-order valence-corrected chi connectivity index (χ3v) is 6.20. The summed E-state index contributed by atoms with van der Waals surface area (Å²) in [7, 11) is 0. The number of fused-ring (bicyclic) bond motifs is 1. The van der Waals surface area contributed by atoms with E-state index < -0.39 is 12.1 Å². The molecule has 1 aliphatic carbocycles. The van der Waals surface area contributed by atoms with Crippen LogP contribution in [0.4, 0.5) is 13.2 Å². The number of aromatic amines is 1.